The number of esters is 4. The predicted octanol–water partition coefficient (Wildman–Crippen LogP) is 2.10. The van der Waals surface area contributed by atoms with E-state index in [1.165, 1.54) is 13.8 Å². The van der Waals surface area contributed by atoms with Gasteiger partial charge in [0.15, 0.2) is 0 Å². The Balaban J connectivity index is 3.20. The highest BCUT2D eigenvalue weighted by Crippen LogP contribution is 2.45. The third-order valence-electron chi connectivity index (χ3n) is 4.32. The Morgan fingerprint density at radius 2 is 1.88 bits per heavy atom. The Morgan fingerprint density at radius 1 is 1.24 bits per heavy atom. The minimum absolute atomic E-state index is 0.100. The molecule has 3 unspecified atom stereocenters. The number of rotatable bonds is 6. The fourth-order valence-corrected chi connectivity index (χ4v) is 2.88. The van der Waals surface area contributed by atoms with Gasteiger partial charge in [0.1, 0.15) is 11.5 Å². The molecule has 7 nitrogen and oxygen atoms in total. The third-order valence-corrected chi connectivity index (χ3v) is 4.32. The summed E-state index contributed by atoms with van der Waals surface area (Å²) in [5.41, 5.74) is -1.28. The van der Waals surface area contributed by atoms with Crippen LogP contribution in [0.5, 0.6) is 0 Å². The van der Waals surface area contributed by atoms with E-state index in [0.29, 0.717) is 19.3 Å². The van der Waals surface area contributed by atoms with Gasteiger partial charge in [-0.25, -0.2) is 9.59 Å². The van der Waals surface area contributed by atoms with E-state index in [0.717, 1.165) is 6.08 Å². The zero-order valence-electron chi connectivity index (χ0n) is 14.8. The molecule has 0 heterocycles. The van der Waals surface area contributed by atoms with Crippen LogP contribution in [-0.2, 0) is 33.4 Å². The van der Waals surface area contributed by atoms with Crippen molar-refractivity contribution in [2.24, 2.45) is 11.3 Å². The molecule has 1 fully saturated rings. The van der Waals surface area contributed by atoms with Crippen molar-refractivity contribution in [2.75, 3.05) is 6.61 Å². The summed E-state index contributed by atoms with van der Waals surface area (Å²) in [7, 11) is 0. The molecule has 0 amide bonds. The molecule has 0 radical (unpaired) electrons. The first-order chi connectivity index (χ1) is 11.7. The van der Waals surface area contributed by atoms with Gasteiger partial charge < -0.3 is 14.2 Å². The van der Waals surface area contributed by atoms with Gasteiger partial charge in [0.25, 0.3) is 0 Å². The number of hydrogen-bond donors (Lipinski definition) is 0. The van der Waals surface area contributed by atoms with Crippen LogP contribution in [0.1, 0.15) is 40.0 Å². The maximum Gasteiger partial charge on any atom is 0.337 e. The molecule has 1 saturated carbocycles. The lowest BCUT2D eigenvalue weighted by Gasteiger charge is -2.42. The van der Waals surface area contributed by atoms with Gasteiger partial charge in [-0.3, -0.25) is 9.59 Å². The smallest absolute Gasteiger partial charge is 0.337 e. The molecule has 1 rings (SSSR count). The van der Waals surface area contributed by atoms with Crippen LogP contribution in [0.3, 0.4) is 0 Å². The zero-order valence-corrected chi connectivity index (χ0v) is 14.8. The summed E-state index contributed by atoms with van der Waals surface area (Å²) in [5, 5.41) is 0. The van der Waals surface area contributed by atoms with E-state index in [2.05, 4.69) is 13.2 Å². The highest BCUT2D eigenvalue weighted by molar-refractivity contribution is 5.95. The minimum atomic E-state index is -1.46. The summed E-state index contributed by atoms with van der Waals surface area (Å²) in [6.07, 6.45) is 1.18. The first-order valence-electron chi connectivity index (χ1n) is 8.10. The molecule has 3 atom stereocenters. The lowest BCUT2D eigenvalue weighted by atomic mass is 9.65. The largest absolute Gasteiger partial charge is 0.465 e. The van der Waals surface area contributed by atoms with Crippen LogP contribution in [-0.4, -0.2) is 36.6 Å². The van der Waals surface area contributed by atoms with E-state index in [1.54, 1.807) is 6.92 Å². The Kier molecular flexibility index (Phi) is 7.09. The fraction of sp³-hybridized carbons (Fsp3) is 0.556. The van der Waals surface area contributed by atoms with Crippen LogP contribution in [0.15, 0.2) is 24.8 Å². The highest BCUT2D eigenvalue weighted by Gasteiger charge is 2.56. The molecule has 0 saturated heterocycles. The molecule has 0 aliphatic heterocycles. The van der Waals surface area contributed by atoms with Crippen LogP contribution in [0.25, 0.3) is 0 Å². The lowest BCUT2D eigenvalue weighted by Crippen LogP contribution is -2.54. The zero-order chi connectivity index (χ0) is 19.2. The second-order valence-electron chi connectivity index (χ2n) is 6.11. The predicted molar refractivity (Wildman–Crippen MR) is 88.1 cm³/mol. The number of carbonyl (C=O) groups excluding carboxylic acids is 4. The van der Waals surface area contributed by atoms with Crippen LogP contribution in [0, 0.1) is 11.3 Å². The minimum Gasteiger partial charge on any atom is -0.465 e. The van der Waals surface area contributed by atoms with Crippen molar-refractivity contribution in [1.29, 1.82) is 0 Å². The molecule has 25 heavy (non-hydrogen) atoms. The van der Waals surface area contributed by atoms with E-state index in [-0.39, 0.29) is 12.2 Å². The van der Waals surface area contributed by atoms with Crippen molar-refractivity contribution in [3.05, 3.63) is 24.8 Å². The van der Waals surface area contributed by atoms with Gasteiger partial charge >= 0.3 is 23.9 Å². The summed E-state index contributed by atoms with van der Waals surface area (Å²) >= 11 is 0. The summed E-state index contributed by atoms with van der Waals surface area (Å²) < 4.78 is 15.2. The van der Waals surface area contributed by atoms with E-state index >= 15 is 0 Å². The average Bonchev–Trinajstić information content (AvgIpc) is 2.56. The Morgan fingerprint density at radius 3 is 2.40 bits per heavy atom. The van der Waals surface area contributed by atoms with Crippen molar-refractivity contribution in [3.63, 3.8) is 0 Å². The second-order valence-corrected chi connectivity index (χ2v) is 6.11. The number of carbonyl (C=O) groups is 4. The van der Waals surface area contributed by atoms with Gasteiger partial charge in [0, 0.05) is 11.6 Å². The van der Waals surface area contributed by atoms with Crippen LogP contribution < -0.4 is 0 Å². The molecule has 138 valence electrons. The highest BCUT2D eigenvalue weighted by atomic mass is 16.6. The van der Waals surface area contributed by atoms with Crippen LogP contribution in [0.4, 0.5) is 0 Å². The van der Waals surface area contributed by atoms with Crippen molar-refractivity contribution < 1.29 is 33.4 Å². The number of ether oxygens (including phenoxy) is 3. The topological polar surface area (TPSA) is 96.0 Å². The summed E-state index contributed by atoms with van der Waals surface area (Å²) in [6.45, 7) is 11.5. The number of hydrogen-bond acceptors (Lipinski definition) is 7. The molecule has 0 aromatic heterocycles. The molecular weight excluding hydrogens is 328 g/mol. The van der Waals surface area contributed by atoms with Gasteiger partial charge in [0.2, 0.25) is 0 Å². The summed E-state index contributed by atoms with van der Waals surface area (Å²) in [5.74, 6) is -4.08. The fourth-order valence-electron chi connectivity index (χ4n) is 2.88. The quantitative estimate of drug-likeness (QED) is 0.312. The molecule has 0 aromatic rings. The van der Waals surface area contributed by atoms with E-state index < -0.39 is 41.3 Å². The second kappa shape index (κ2) is 8.60. The van der Waals surface area contributed by atoms with Gasteiger partial charge in [-0.2, -0.15) is 0 Å². The Labute approximate surface area is 147 Å². The SMILES string of the molecule is C=CC(=O)OC(=O)C1CCCC(OC(=O)C(=C)C)C1(C)C(=O)OCC. The Bertz CT molecular complexity index is 592. The molecule has 0 spiro atoms. The maximum absolute atomic E-state index is 12.6. The van der Waals surface area contributed by atoms with E-state index in [9.17, 15) is 19.2 Å². The van der Waals surface area contributed by atoms with Crippen molar-refractivity contribution in [3.8, 4) is 0 Å². The summed E-state index contributed by atoms with van der Waals surface area (Å²) in [6, 6.07) is 0. The molecule has 0 aromatic carbocycles. The first-order valence-corrected chi connectivity index (χ1v) is 8.10. The van der Waals surface area contributed by atoms with Crippen LogP contribution >= 0.6 is 0 Å². The standard InChI is InChI=1S/C18H24O7/c1-6-14(19)25-16(21)12-9-8-10-13(24-15(20)11(3)4)18(12,5)17(22)23-7-2/h6,12-13H,1,3,7-10H2,2,4-5H3. The molecule has 1 aliphatic rings. The van der Waals surface area contributed by atoms with Crippen LogP contribution in [0.2, 0.25) is 0 Å². The Hall–Kier alpha value is -2.44. The molecular formula is C18H24O7. The molecule has 0 N–H and O–H groups in total. The monoisotopic (exact) mass is 352 g/mol. The average molecular weight is 352 g/mol. The van der Waals surface area contributed by atoms with Gasteiger partial charge in [-0.1, -0.05) is 13.2 Å². The van der Waals surface area contributed by atoms with E-state index in [4.69, 9.17) is 14.2 Å². The van der Waals surface area contributed by atoms with Gasteiger partial charge in [-0.15, -0.1) is 0 Å². The van der Waals surface area contributed by atoms with E-state index in [1.807, 2.05) is 0 Å². The molecule has 1 aliphatic carbocycles. The third kappa shape index (κ3) is 4.55. The van der Waals surface area contributed by atoms with Crippen molar-refractivity contribution in [1.82, 2.24) is 0 Å². The first kappa shape index (κ1) is 20.6. The normalized spacial score (nSPS) is 25.4. The maximum atomic E-state index is 12.6. The summed E-state index contributed by atoms with van der Waals surface area (Å²) in [4.78, 5) is 48.3. The van der Waals surface area contributed by atoms with Crippen molar-refractivity contribution >= 4 is 23.9 Å². The lowest BCUT2D eigenvalue weighted by molar-refractivity contribution is -0.190. The van der Waals surface area contributed by atoms with Gasteiger partial charge in [-0.05, 0) is 40.0 Å². The van der Waals surface area contributed by atoms with Crippen molar-refractivity contribution in [2.45, 2.75) is 46.1 Å². The van der Waals surface area contributed by atoms with Gasteiger partial charge in [0.05, 0.1) is 12.5 Å². The molecule has 7 heteroatoms. The molecule has 0 bridgehead atoms.